The van der Waals surface area contributed by atoms with E-state index in [2.05, 4.69) is 22.5 Å². The summed E-state index contributed by atoms with van der Waals surface area (Å²) in [6, 6.07) is 13.5. The minimum absolute atomic E-state index is 0.343. The molecular formula is C23H23N3O2S. The largest absolute Gasteiger partial charge is 0.478 e. The van der Waals surface area contributed by atoms with Crippen molar-refractivity contribution in [2.24, 2.45) is 0 Å². The fraction of sp³-hybridized carbons (Fsp3) is 0.261. The number of hydrogen-bond donors (Lipinski definition) is 1. The van der Waals surface area contributed by atoms with Gasteiger partial charge >= 0.3 is 5.97 Å². The molecule has 3 rings (SSSR count). The molecule has 1 aromatic carbocycles. The van der Waals surface area contributed by atoms with Crippen LogP contribution in [0.25, 0.3) is 6.08 Å². The summed E-state index contributed by atoms with van der Waals surface area (Å²) in [7, 11) is 0. The topological polar surface area (TPSA) is 78.9 Å². The van der Waals surface area contributed by atoms with Crippen LogP contribution >= 0.6 is 11.3 Å². The highest BCUT2D eigenvalue weighted by Crippen LogP contribution is 2.20. The van der Waals surface area contributed by atoms with E-state index in [9.17, 15) is 9.90 Å². The summed E-state index contributed by atoms with van der Waals surface area (Å²) in [4.78, 5) is 17.4. The van der Waals surface area contributed by atoms with Crippen molar-refractivity contribution in [1.29, 1.82) is 5.26 Å². The number of benzene rings is 1. The molecule has 0 aliphatic carbocycles. The van der Waals surface area contributed by atoms with E-state index in [1.165, 1.54) is 0 Å². The quantitative estimate of drug-likeness (QED) is 0.513. The summed E-state index contributed by atoms with van der Waals surface area (Å²) in [5.41, 5.74) is 2.80. The third-order valence-electron chi connectivity index (χ3n) is 4.69. The van der Waals surface area contributed by atoms with Crippen molar-refractivity contribution in [3.05, 3.63) is 81.1 Å². The van der Waals surface area contributed by atoms with Crippen molar-refractivity contribution in [2.45, 2.75) is 39.2 Å². The number of nitriles is 1. The summed E-state index contributed by atoms with van der Waals surface area (Å²) in [6.07, 6.45) is 6.80. The van der Waals surface area contributed by atoms with Crippen LogP contribution in [0.15, 0.2) is 53.5 Å². The van der Waals surface area contributed by atoms with Crippen LogP contribution in [0.2, 0.25) is 0 Å². The maximum Gasteiger partial charge on any atom is 0.332 e. The molecule has 5 nitrogen and oxygen atoms in total. The van der Waals surface area contributed by atoms with Crippen molar-refractivity contribution >= 4 is 23.4 Å². The smallest absolute Gasteiger partial charge is 0.332 e. The van der Waals surface area contributed by atoms with Gasteiger partial charge in [-0.2, -0.15) is 5.26 Å². The van der Waals surface area contributed by atoms with Crippen molar-refractivity contribution in [2.75, 3.05) is 0 Å². The molecule has 0 aliphatic heterocycles. The maximum absolute atomic E-state index is 11.8. The van der Waals surface area contributed by atoms with Crippen molar-refractivity contribution in [3.63, 3.8) is 0 Å². The Balaban J connectivity index is 1.95. The van der Waals surface area contributed by atoms with Crippen LogP contribution in [0.5, 0.6) is 0 Å². The Morgan fingerprint density at radius 3 is 2.72 bits per heavy atom. The Hall–Kier alpha value is -3.17. The molecule has 1 N–H and O–H groups in total. The van der Waals surface area contributed by atoms with Crippen LogP contribution in [-0.2, 0) is 24.2 Å². The first-order valence-corrected chi connectivity index (χ1v) is 10.5. The van der Waals surface area contributed by atoms with E-state index in [4.69, 9.17) is 5.26 Å². The van der Waals surface area contributed by atoms with E-state index < -0.39 is 5.97 Å². The lowest BCUT2D eigenvalue weighted by Crippen LogP contribution is -2.09. The molecule has 29 heavy (non-hydrogen) atoms. The molecule has 3 aromatic rings. The molecule has 0 saturated carbocycles. The molecule has 2 aromatic heterocycles. The number of aryl methyl sites for hydroxylation is 1. The number of aromatic nitrogens is 2. The number of nitrogens with zero attached hydrogens (tertiary/aromatic N) is 3. The molecule has 0 spiro atoms. The van der Waals surface area contributed by atoms with E-state index >= 15 is 0 Å². The van der Waals surface area contributed by atoms with E-state index in [0.717, 1.165) is 41.2 Å². The average molecular weight is 406 g/mol. The summed E-state index contributed by atoms with van der Waals surface area (Å²) in [5.74, 6) is 0.0305. The van der Waals surface area contributed by atoms with Crippen LogP contribution in [0.3, 0.4) is 0 Å². The third-order valence-corrected chi connectivity index (χ3v) is 5.56. The Morgan fingerprint density at radius 1 is 1.31 bits per heavy atom. The molecule has 0 atom stereocenters. The fourth-order valence-corrected chi connectivity index (χ4v) is 3.82. The monoisotopic (exact) mass is 405 g/mol. The molecule has 0 saturated heterocycles. The molecule has 6 heteroatoms. The van der Waals surface area contributed by atoms with Gasteiger partial charge in [-0.3, -0.25) is 0 Å². The molecule has 0 fully saturated rings. The van der Waals surface area contributed by atoms with Gasteiger partial charge in [0.25, 0.3) is 0 Å². The van der Waals surface area contributed by atoms with E-state index in [1.54, 1.807) is 35.7 Å². The molecule has 0 aliphatic rings. The average Bonchev–Trinajstić information content (AvgIpc) is 3.37. The van der Waals surface area contributed by atoms with Gasteiger partial charge in [-0.15, -0.1) is 11.3 Å². The van der Waals surface area contributed by atoms with E-state index in [1.807, 2.05) is 29.6 Å². The minimum Gasteiger partial charge on any atom is -0.478 e. The Kier molecular flexibility index (Phi) is 6.99. The minimum atomic E-state index is -0.917. The SMILES string of the molecule is CCCCc1ncc(/C=C(\Cc2cccs2)C(=O)O)n1Cc1ccc(C#N)cc1. The number of aliphatic carboxylic acids is 1. The second kappa shape index (κ2) is 9.85. The van der Waals surface area contributed by atoms with Gasteiger partial charge in [0.15, 0.2) is 0 Å². The van der Waals surface area contributed by atoms with E-state index in [-0.39, 0.29) is 0 Å². The number of rotatable bonds is 9. The van der Waals surface area contributed by atoms with Crippen molar-refractivity contribution in [3.8, 4) is 6.07 Å². The van der Waals surface area contributed by atoms with Gasteiger partial charge in [0.2, 0.25) is 0 Å². The van der Waals surface area contributed by atoms with Crippen molar-refractivity contribution < 1.29 is 9.90 Å². The number of unbranched alkanes of at least 4 members (excludes halogenated alkanes) is 1. The number of carboxylic acid groups (broad SMARTS) is 1. The Morgan fingerprint density at radius 2 is 2.10 bits per heavy atom. The van der Waals surface area contributed by atoms with Gasteiger partial charge < -0.3 is 9.67 Å². The first-order valence-electron chi connectivity index (χ1n) is 9.60. The predicted molar refractivity (Wildman–Crippen MR) is 115 cm³/mol. The molecule has 0 bridgehead atoms. The first-order chi connectivity index (χ1) is 14.1. The van der Waals surface area contributed by atoms with Gasteiger partial charge in [0.05, 0.1) is 23.5 Å². The lowest BCUT2D eigenvalue weighted by Gasteiger charge is -2.11. The lowest BCUT2D eigenvalue weighted by atomic mass is 10.1. The zero-order chi connectivity index (χ0) is 20.6. The van der Waals surface area contributed by atoms with Crippen LogP contribution in [0.4, 0.5) is 0 Å². The number of thiophene rings is 1. The predicted octanol–water partition coefficient (Wildman–Crippen LogP) is 4.92. The molecule has 0 radical (unpaired) electrons. The lowest BCUT2D eigenvalue weighted by molar-refractivity contribution is -0.132. The summed E-state index contributed by atoms with van der Waals surface area (Å²) >= 11 is 1.55. The molecule has 148 valence electrons. The normalized spacial score (nSPS) is 11.4. The molecular weight excluding hydrogens is 382 g/mol. The number of imidazole rings is 1. The highest BCUT2D eigenvalue weighted by molar-refractivity contribution is 7.09. The second-order valence-corrected chi connectivity index (χ2v) is 7.86. The number of hydrogen-bond acceptors (Lipinski definition) is 4. The summed E-state index contributed by atoms with van der Waals surface area (Å²) < 4.78 is 2.08. The molecule has 2 heterocycles. The second-order valence-electron chi connectivity index (χ2n) is 6.83. The Bertz CT molecular complexity index is 1030. The van der Waals surface area contributed by atoms with Gasteiger partial charge in [-0.1, -0.05) is 31.5 Å². The van der Waals surface area contributed by atoms with Crippen LogP contribution in [-0.4, -0.2) is 20.6 Å². The first kappa shape index (κ1) is 20.6. The maximum atomic E-state index is 11.8. The van der Waals surface area contributed by atoms with Crippen LogP contribution in [0.1, 0.15) is 47.3 Å². The summed E-state index contributed by atoms with van der Waals surface area (Å²) in [6.45, 7) is 2.72. The molecule has 0 unspecified atom stereocenters. The fourth-order valence-electron chi connectivity index (χ4n) is 3.10. The van der Waals surface area contributed by atoms with Gasteiger partial charge in [-0.25, -0.2) is 9.78 Å². The van der Waals surface area contributed by atoms with Crippen LogP contribution < -0.4 is 0 Å². The zero-order valence-electron chi connectivity index (χ0n) is 16.3. The van der Waals surface area contributed by atoms with Gasteiger partial charge in [0, 0.05) is 29.8 Å². The highest BCUT2D eigenvalue weighted by Gasteiger charge is 2.14. The third kappa shape index (κ3) is 5.43. The number of carboxylic acids is 1. The van der Waals surface area contributed by atoms with Gasteiger partial charge in [0.1, 0.15) is 5.82 Å². The highest BCUT2D eigenvalue weighted by atomic mass is 32.1. The van der Waals surface area contributed by atoms with E-state index in [0.29, 0.717) is 24.1 Å². The Labute approximate surface area is 174 Å². The van der Waals surface area contributed by atoms with Gasteiger partial charge in [-0.05, 0) is 41.6 Å². The molecule has 0 amide bonds. The summed E-state index contributed by atoms with van der Waals surface area (Å²) in [5, 5.41) is 20.6. The number of carbonyl (C=O) groups is 1. The van der Waals surface area contributed by atoms with Crippen molar-refractivity contribution in [1.82, 2.24) is 9.55 Å². The zero-order valence-corrected chi connectivity index (χ0v) is 17.2. The standard InChI is InChI=1S/C23H23N3O2S/c1-2-3-6-22-25-15-20(12-19(23(27)28)13-21-5-4-11-29-21)26(22)16-18-9-7-17(14-24)8-10-18/h4-5,7-12,15H,2-3,6,13,16H2,1H3,(H,27,28)/b19-12+. The van der Waals surface area contributed by atoms with Crippen LogP contribution in [0, 0.1) is 11.3 Å².